The van der Waals surface area contributed by atoms with Crippen molar-refractivity contribution in [2.24, 2.45) is 0 Å². The van der Waals surface area contributed by atoms with E-state index in [0.29, 0.717) is 16.7 Å². The molecule has 2 amide bonds. The van der Waals surface area contributed by atoms with Gasteiger partial charge in [-0.05, 0) is 38.5 Å². The fraction of sp³-hybridized carbons (Fsp3) is 0.400. The van der Waals surface area contributed by atoms with E-state index in [4.69, 9.17) is 9.47 Å². The number of ether oxygens (including phenoxy) is 2. The Morgan fingerprint density at radius 1 is 1.37 bits per heavy atom. The summed E-state index contributed by atoms with van der Waals surface area (Å²) >= 11 is 0. The Balaban J connectivity index is 1.79. The van der Waals surface area contributed by atoms with E-state index < -0.39 is 19.1 Å². The molecule has 0 radical (unpaired) electrons. The van der Waals surface area contributed by atoms with Gasteiger partial charge in [0.05, 0.1) is 19.2 Å². The number of fused-ring (bicyclic) bond motifs is 1. The fourth-order valence-electron chi connectivity index (χ4n) is 3.22. The normalized spacial score (nSPS) is 13.9. The summed E-state index contributed by atoms with van der Waals surface area (Å²) in [6.45, 7) is 4.96. The Hall–Kier alpha value is -3.30. The predicted molar refractivity (Wildman–Crippen MR) is 104 cm³/mol. The molecule has 3 heterocycles. The maximum Gasteiger partial charge on any atom is 0.412 e. The average Bonchev–Trinajstić information content (AvgIpc) is 3.04. The van der Waals surface area contributed by atoms with Gasteiger partial charge in [0.25, 0.3) is 12.3 Å². The lowest BCUT2D eigenvalue weighted by Crippen LogP contribution is -2.27. The molecule has 0 fully saturated rings. The number of alkyl halides is 2. The molecule has 1 aliphatic heterocycles. The number of halogens is 2. The molecule has 0 aromatic carbocycles. The Morgan fingerprint density at radius 2 is 2.13 bits per heavy atom. The third-order valence-corrected chi connectivity index (χ3v) is 4.72. The summed E-state index contributed by atoms with van der Waals surface area (Å²) in [6, 6.07) is 3.01. The molecule has 2 aromatic rings. The zero-order chi connectivity index (χ0) is 21.8. The smallest absolute Gasteiger partial charge is 0.412 e. The number of rotatable bonds is 7. The van der Waals surface area contributed by atoms with Gasteiger partial charge < -0.3 is 14.4 Å². The van der Waals surface area contributed by atoms with E-state index in [1.807, 2.05) is 6.92 Å². The average molecular weight is 420 g/mol. The predicted octanol–water partition coefficient (Wildman–Crippen LogP) is 3.71. The van der Waals surface area contributed by atoms with E-state index in [-0.39, 0.29) is 36.8 Å². The van der Waals surface area contributed by atoms with Crippen molar-refractivity contribution in [2.75, 3.05) is 18.5 Å². The fourth-order valence-corrected chi connectivity index (χ4v) is 3.22. The number of hydrogen-bond donors (Lipinski definition) is 1. The van der Waals surface area contributed by atoms with Gasteiger partial charge in [0.15, 0.2) is 6.61 Å². The van der Waals surface area contributed by atoms with E-state index in [2.05, 4.69) is 15.3 Å². The number of aromatic nitrogens is 2. The van der Waals surface area contributed by atoms with Crippen molar-refractivity contribution >= 4 is 17.8 Å². The van der Waals surface area contributed by atoms with Gasteiger partial charge >= 0.3 is 6.09 Å². The Labute approximate surface area is 172 Å². The number of carbonyl (C=O) groups is 2. The van der Waals surface area contributed by atoms with Gasteiger partial charge in [0, 0.05) is 29.1 Å². The molecule has 0 saturated heterocycles. The van der Waals surface area contributed by atoms with Crippen LogP contribution in [0, 0.1) is 6.92 Å². The molecule has 10 heteroatoms. The molecular formula is C20H22F2N4O4. The second-order valence-electron chi connectivity index (χ2n) is 6.73. The van der Waals surface area contributed by atoms with Crippen LogP contribution < -0.4 is 10.1 Å². The second-order valence-corrected chi connectivity index (χ2v) is 6.73. The molecule has 3 rings (SSSR count). The van der Waals surface area contributed by atoms with Crippen molar-refractivity contribution in [1.82, 2.24) is 14.9 Å². The summed E-state index contributed by atoms with van der Waals surface area (Å²) in [5.41, 5.74) is 2.37. The highest BCUT2D eigenvalue weighted by atomic mass is 19.3. The minimum absolute atomic E-state index is 0.132. The van der Waals surface area contributed by atoms with E-state index in [1.54, 1.807) is 30.9 Å². The van der Waals surface area contributed by atoms with Crippen molar-refractivity contribution in [2.45, 2.75) is 39.8 Å². The van der Waals surface area contributed by atoms with Crippen LogP contribution in [0.2, 0.25) is 0 Å². The lowest BCUT2D eigenvalue weighted by Gasteiger charge is -2.25. The molecule has 0 saturated carbocycles. The molecule has 2 aromatic heterocycles. The molecule has 0 bridgehead atoms. The third kappa shape index (κ3) is 4.47. The number of carbonyl (C=O) groups excluding carboxylic acids is 2. The number of nitrogens with zero attached hydrogens (tertiary/aromatic N) is 3. The Bertz CT molecular complexity index is 954. The van der Waals surface area contributed by atoms with Crippen LogP contribution in [0.5, 0.6) is 5.88 Å². The van der Waals surface area contributed by atoms with Gasteiger partial charge in [-0.25, -0.2) is 23.5 Å². The van der Waals surface area contributed by atoms with Gasteiger partial charge in [-0.15, -0.1) is 0 Å². The van der Waals surface area contributed by atoms with Crippen LogP contribution in [-0.2, 0) is 11.3 Å². The molecule has 30 heavy (non-hydrogen) atoms. The first-order valence-corrected chi connectivity index (χ1v) is 9.41. The highest BCUT2D eigenvalue weighted by Gasteiger charge is 2.34. The molecule has 1 N–H and O–H groups in total. The number of amides is 2. The highest BCUT2D eigenvalue weighted by Crippen LogP contribution is 2.34. The topological polar surface area (TPSA) is 93.7 Å². The number of pyridine rings is 2. The van der Waals surface area contributed by atoms with E-state index in [0.717, 1.165) is 5.56 Å². The molecule has 1 aliphatic rings. The van der Waals surface area contributed by atoms with E-state index >= 15 is 0 Å². The molecule has 0 aliphatic carbocycles. The Kier molecular flexibility index (Phi) is 6.43. The third-order valence-electron chi connectivity index (χ3n) is 4.72. The Morgan fingerprint density at radius 3 is 2.80 bits per heavy atom. The number of aryl methyl sites for hydroxylation is 1. The van der Waals surface area contributed by atoms with Gasteiger partial charge in [-0.3, -0.25) is 10.1 Å². The van der Waals surface area contributed by atoms with E-state index in [1.165, 1.54) is 12.4 Å². The SMILES string of the molecule is CCOC(=O)Nc1nccc2c1CN(C(C)c1cnc(OCC(F)F)c(C)c1)C2=O. The lowest BCUT2D eigenvalue weighted by atomic mass is 10.1. The van der Waals surface area contributed by atoms with Crippen LogP contribution >= 0.6 is 0 Å². The van der Waals surface area contributed by atoms with Gasteiger partial charge in [-0.2, -0.15) is 0 Å². The summed E-state index contributed by atoms with van der Waals surface area (Å²) in [5, 5.41) is 2.56. The van der Waals surface area contributed by atoms with Crippen LogP contribution in [-0.4, -0.2) is 46.5 Å². The minimum atomic E-state index is -2.59. The monoisotopic (exact) mass is 420 g/mol. The summed E-state index contributed by atoms with van der Waals surface area (Å²) in [6.07, 6.45) is -0.272. The molecule has 1 atom stereocenters. The zero-order valence-corrected chi connectivity index (χ0v) is 16.8. The van der Waals surface area contributed by atoms with Crippen LogP contribution in [0.1, 0.15) is 46.9 Å². The minimum Gasteiger partial charge on any atom is -0.471 e. The summed E-state index contributed by atoms with van der Waals surface area (Å²) in [5.74, 6) is 0.203. The molecule has 0 spiro atoms. The first-order chi connectivity index (χ1) is 14.3. The summed E-state index contributed by atoms with van der Waals surface area (Å²) in [7, 11) is 0. The molecule has 160 valence electrons. The van der Waals surface area contributed by atoms with Gasteiger partial charge in [0.1, 0.15) is 5.82 Å². The highest BCUT2D eigenvalue weighted by molar-refractivity contribution is 6.01. The lowest BCUT2D eigenvalue weighted by molar-refractivity contribution is 0.0713. The van der Waals surface area contributed by atoms with E-state index in [9.17, 15) is 18.4 Å². The largest absolute Gasteiger partial charge is 0.471 e. The number of hydrogen-bond acceptors (Lipinski definition) is 6. The molecular weight excluding hydrogens is 398 g/mol. The maximum atomic E-state index is 12.9. The maximum absolute atomic E-state index is 12.9. The van der Waals surface area contributed by atoms with Crippen LogP contribution in [0.3, 0.4) is 0 Å². The van der Waals surface area contributed by atoms with Crippen molar-refractivity contribution in [3.63, 3.8) is 0 Å². The van der Waals surface area contributed by atoms with Gasteiger partial charge in [0.2, 0.25) is 5.88 Å². The van der Waals surface area contributed by atoms with Crippen LogP contribution in [0.25, 0.3) is 0 Å². The van der Waals surface area contributed by atoms with Crippen molar-refractivity contribution in [3.05, 3.63) is 46.8 Å². The number of anilines is 1. The van der Waals surface area contributed by atoms with Crippen LogP contribution in [0.4, 0.5) is 19.4 Å². The summed E-state index contributed by atoms with van der Waals surface area (Å²) < 4.78 is 34.6. The van der Waals surface area contributed by atoms with Crippen molar-refractivity contribution in [1.29, 1.82) is 0 Å². The first kappa shape index (κ1) is 21.4. The van der Waals surface area contributed by atoms with Crippen molar-refractivity contribution < 1.29 is 27.8 Å². The van der Waals surface area contributed by atoms with Gasteiger partial charge in [-0.1, -0.05) is 0 Å². The van der Waals surface area contributed by atoms with Crippen molar-refractivity contribution in [3.8, 4) is 5.88 Å². The zero-order valence-electron chi connectivity index (χ0n) is 16.8. The molecule has 8 nitrogen and oxygen atoms in total. The molecule has 1 unspecified atom stereocenters. The number of nitrogens with one attached hydrogen (secondary N) is 1. The summed E-state index contributed by atoms with van der Waals surface area (Å²) in [4.78, 5) is 34.6. The van der Waals surface area contributed by atoms with Crippen LogP contribution in [0.15, 0.2) is 24.5 Å². The second kappa shape index (κ2) is 9.02. The standard InChI is InChI=1S/C20H22F2N4O4/c1-4-29-20(28)25-17-15-9-26(19(27)14(15)5-6-23-17)12(3)13-7-11(2)18(24-8-13)30-10-16(21)22/h5-8,12,16H,4,9-10H2,1-3H3,(H,23,25,28). The quantitative estimate of drug-likeness (QED) is 0.734. The first-order valence-electron chi connectivity index (χ1n) is 9.41.